The number of benzene rings is 1. The highest BCUT2D eigenvalue weighted by Crippen LogP contribution is 2.32. The molecule has 0 aliphatic carbocycles. The minimum absolute atomic E-state index is 0.108. The molecule has 0 radical (unpaired) electrons. The van der Waals surface area contributed by atoms with Gasteiger partial charge in [0.2, 0.25) is 0 Å². The standard InChI is InChI=1S/C22H35NO3/c1-9-17-14-20(25-18(10-2)12-11-15(3)4)19(13-16(17)5)23-21(24)26-22(6,7)8/h9,13-15,18H,1,10-12H2,2-8H3,(H,23,24). The van der Waals surface area contributed by atoms with Crippen LogP contribution in [0.1, 0.15) is 71.9 Å². The molecule has 1 unspecified atom stereocenters. The third kappa shape index (κ3) is 7.51. The summed E-state index contributed by atoms with van der Waals surface area (Å²) >= 11 is 0. The van der Waals surface area contributed by atoms with Crippen molar-refractivity contribution in [2.75, 3.05) is 5.32 Å². The third-order valence-corrected chi connectivity index (χ3v) is 4.04. The number of amides is 1. The molecule has 0 aromatic heterocycles. The summed E-state index contributed by atoms with van der Waals surface area (Å²) in [6.45, 7) is 17.9. The molecular weight excluding hydrogens is 326 g/mol. The molecule has 0 aliphatic heterocycles. The third-order valence-electron chi connectivity index (χ3n) is 4.04. The highest BCUT2D eigenvalue weighted by Gasteiger charge is 2.19. The summed E-state index contributed by atoms with van der Waals surface area (Å²) in [4.78, 5) is 12.2. The van der Waals surface area contributed by atoms with Crippen LogP contribution in [-0.4, -0.2) is 17.8 Å². The summed E-state index contributed by atoms with van der Waals surface area (Å²) in [5, 5.41) is 2.83. The molecule has 0 spiro atoms. The number of carbonyl (C=O) groups excluding carboxylic acids is 1. The van der Waals surface area contributed by atoms with Crippen LogP contribution in [0.4, 0.5) is 10.5 Å². The molecule has 1 rings (SSSR count). The second-order valence-electron chi connectivity index (χ2n) is 8.16. The van der Waals surface area contributed by atoms with E-state index < -0.39 is 11.7 Å². The molecule has 1 atom stereocenters. The number of rotatable bonds is 8. The van der Waals surface area contributed by atoms with E-state index in [4.69, 9.17) is 9.47 Å². The Labute approximate surface area is 159 Å². The van der Waals surface area contributed by atoms with Crippen LogP contribution >= 0.6 is 0 Å². The SMILES string of the molecule is C=Cc1cc(OC(CC)CCC(C)C)c(NC(=O)OC(C)(C)C)cc1C. The summed E-state index contributed by atoms with van der Waals surface area (Å²) in [6, 6.07) is 3.85. The number of hydrogen-bond acceptors (Lipinski definition) is 3. The smallest absolute Gasteiger partial charge is 0.412 e. The molecule has 0 bridgehead atoms. The van der Waals surface area contributed by atoms with Gasteiger partial charge in [-0.3, -0.25) is 5.32 Å². The second kappa shape index (κ2) is 9.65. The molecule has 1 aromatic carbocycles. The van der Waals surface area contributed by atoms with Gasteiger partial charge >= 0.3 is 6.09 Å². The lowest BCUT2D eigenvalue weighted by atomic mass is 10.0. The second-order valence-corrected chi connectivity index (χ2v) is 8.16. The van der Waals surface area contributed by atoms with Crippen LogP contribution in [0.25, 0.3) is 6.08 Å². The van der Waals surface area contributed by atoms with Crippen molar-refractivity contribution in [3.05, 3.63) is 29.8 Å². The van der Waals surface area contributed by atoms with Gasteiger partial charge in [0.05, 0.1) is 11.8 Å². The van der Waals surface area contributed by atoms with Crippen LogP contribution in [0.15, 0.2) is 18.7 Å². The first-order valence-electron chi connectivity index (χ1n) is 9.49. The number of aryl methyl sites for hydroxylation is 1. The summed E-state index contributed by atoms with van der Waals surface area (Å²) in [7, 11) is 0. The van der Waals surface area contributed by atoms with Crippen molar-refractivity contribution in [1.82, 2.24) is 0 Å². The van der Waals surface area contributed by atoms with Gasteiger partial charge in [0.25, 0.3) is 0 Å². The molecule has 1 aromatic rings. The van der Waals surface area contributed by atoms with Crippen LogP contribution < -0.4 is 10.1 Å². The molecule has 1 amide bonds. The highest BCUT2D eigenvalue weighted by atomic mass is 16.6. The van der Waals surface area contributed by atoms with E-state index in [2.05, 4.69) is 32.7 Å². The number of nitrogens with one attached hydrogen (secondary N) is 1. The summed E-state index contributed by atoms with van der Waals surface area (Å²) < 4.78 is 11.6. The molecule has 0 saturated carbocycles. The first kappa shape index (κ1) is 22.1. The largest absolute Gasteiger partial charge is 0.488 e. The fourth-order valence-electron chi connectivity index (χ4n) is 2.58. The Bertz CT molecular complexity index is 615. The van der Waals surface area contributed by atoms with Gasteiger partial charge in [-0.05, 0) is 76.1 Å². The van der Waals surface area contributed by atoms with E-state index in [-0.39, 0.29) is 6.10 Å². The molecule has 1 N–H and O–H groups in total. The van der Waals surface area contributed by atoms with E-state index in [1.807, 2.05) is 39.8 Å². The van der Waals surface area contributed by atoms with E-state index in [1.165, 1.54) is 0 Å². The fraction of sp³-hybridized carbons (Fsp3) is 0.591. The Morgan fingerprint density at radius 1 is 1.27 bits per heavy atom. The van der Waals surface area contributed by atoms with Gasteiger partial charge in [-0.15, -0.1) is 0 Å². The highest BCUT2D eigenvalue weighted by molar-refractivity contribution is 5.87. The van der Waals surface area contributed by atoms with Crippen LogP contribution in [0.3, 0.4) is 0 Å². The summed E-state index contributed by atoms with van der Waals surface area (Å²) in [5.41, 5.74) is 2.09. The van der Waals surface area contributed by atoms with Gasteiger partial charge in [-0.2, -0.15) is 0 Å². The first-order valence-corrected chi connectivity index (χ1v) is 9.49. The Morgan fingerprint density at radius 3 is 2.42 bits per heavy atom. The van der Waals surface area contributed by atoms with Crippen molar-refractivity contribution in [2.24, 2.45) is 5.92 Å². The Kier molecular flexibility index (Phi) is 8.19. The topological polar surface area (TPSA) is 47.6 Å². The van der Waals surface area contributed by atoms with E-state index in [0.29, 0.717) is 17.4 Å². The number of hydrogen-bond donors (Lipinski definition) is 1. The van der Waals surface area contributed by atoms with Gasteiger partial charge in [0, 0.05) is 0 Å². The maximum absolute atomic E-state index is 12.2. The maximum atomic E-state index is 12.2. The molecule has 0 fully saturated rings. The Morgan fingerprint density at radius 2 is 1.92 bits per heavy atom. The van der Waals surface area contributed by atoms with Crippen molar-refractivity contribution in [3.8, 4) is 5.75 Å². The van der Waals surface area contributed by atoms with Gasteiger partial charge in [-0.1, -0.05) is 33.4 Å². The molecule has 4 nitrogen and oxygen atoms in total. The van der Waals surface area contributed by atoms with Crippen molar-refractivity contribution < 1.29 is 14.3 Å². The molecular formula is C22H35NO3. The maximum Gasteiger partial charge on any atom is 0.412 e. The lowest BCUT2D eigenvalue weighted by molar-refractivity contribution is 0.0634. The zero-order valence-corrected chi connectivity index (χ0v) is 17.4. The Hall–Kier alpha value is -1.97. The average Bonchev–Trinajstić information content (AvgIpc) is 2.51. The first-order chi connectivity index (χ1) is 12.1. The molecule has 0 aliphatic rings. The van der Waals surface area contributed by atoms with Gasteiger partial charge in [0.15, 0.2) is 0 Å². The normalized spacial score (nSPS) is 12.6. The molecule has 0 heterocycles. The van der Waals surface area contributed by atoms with Gasteiger partial charge in [-0.25, -0.2) is 4.79 Å². The van der Waals surface area contributed by atoms with Crippen LogP contribution in [0.5, 0.6) is 5.75 Å². The number of ether oxygens (including phenoxy) is 2. The lowest BCUT2D eigenvalue weighted by Crippen LogP contribution is -2.27. The van der Waals surface area contributed by atoms with Gasteiger partial charge < -0.3 is 9.47 Å². The Balaban J connectivity index is 3.06. The van der Waals surface area contributed by atoms with Crippen LogP contribution in [0.2, 0.25) is 0 Å². The zero-order chi connectivity index (χ0) is 19.9. The summed E-state index contributed by atoms with van der Waals surface area (Å²) in [6.07, 6.45) is 4.43. The monoisotopic (exact) mass is 361 g/mol. The number of carbonyl (C=O) groups is 1. The van der Waals surface area contributed by atoms with Crippen molar-refractivity contribution in [1.29, 1.82) is 0 Å². The number of anilines is 1. The minimum Gasteiger partial charge on any atom is -0.488 e. The quantitative estimate of drug-likeness (QED) is 0.569. The summed E-state index contributed by atoms with van der Waals surface area (Å²) in [5.74, 6) is 1.29. The van der Waals surface area contributed by atoms with E-state index in [0.717, 1.165) is 30.4 Å². The molecule has 0 saturated heterocycles. The van der Waals surface area contributed by atoms with Crippen LogP contribution in [-0.2, 0) is 4.74 Å². The van der Waals surface area contributed by atoms with E-state index >= 15 is 0 Å². The van der Waals surface area contributed by atoms with E-state index in [9.17, 15) is 4.79 Å². The predicted octanol–water partition coefficient (Wildman–Crippen LogP) is 6.58. The molecule has 4 heteroatoms. The predicted molar refractivity (Wildman–Crippen MR) is 110 cm³/mol. The van der Waals surface area contributed by atoms with Crippen molar-refractivity contribution >= 4 is 17.9 Å². The van der Waals surface area contributed by atoms with Crippen molar-refractivity contribution in [3.63, 3.8) is 0 Å². The average molecular weight is 362 g/mol. The zero-order valence-electron chi connectivity index (χ0n) is 17.4. The van der Waals surface area contributed by atoms with Crippen LogP contribution in [0, 0.1) is 12.8 Å². The minimum atomic E-state index is -0.551. The van der Waals surface area contributed by atoms with Crippen molar-refractivity contribution in [2.45, 2.75) is 79.4 Å². The lowest BCUT2D eigenvalue weighted by Gasteiger charge is -2.23. The fourth-order valence-corrected chi connectivity index (χ4v) is 2.58. The molecule has 26 heavy (non-hydrogen) atoms. The molecule has 146 valence electrons. The van der Waals surface area contributed by atoms with Gasteiger partial charge in [0.1, 0.15) is 11.4 Å². The van der Waals surface area contributed by atoms with E-state index in [1.54, 1.807) is 6.08 Å².